The van der Waals surface area contributed by atoms with E-state index in [2.05, 4.69) is 11.8 Å². The average molecular weight is 184 g/mol. The number of hydrogen-bond acceptors (Lipinski definition) is 1. The predicted octanol–water partition coefficient (Wildman–Crippen LogP) is 2.48. The molecule has 0 spiro atoms. The van der Waals surface area contributed by atoms with E-state index in [0.717, 1.165) is 6.54 Å². The first kappa shape index (κ1) is 10.5. The highest BCUT2D eigenvalue weighted by atomic mass is 35.5. The van der Waals surface area contributed by atoms with Crippen molar-refractivity contribution in [2.24, 2.45) is 0 Å². The molecule has 62 valence electrons. The van der Waals surface area contributed by atoms with E-state index in [1.807, 2.05) is 0 Å². The van der Waals surface area contributed by atoms with E-state index in [1.165, 1.54) is 25.8 Å². The van der Waals surface area contributed by atoms with Crippen LogP contribution in [0.5, 0.6) is 0 Å². The van der Waals surface area contributed by atoms with E-state index in [-0.39, 0.29) is 12.4 Å². The number of nitrogens with zero attached hydrogens (tertiary/aromatic N) is 1. The van der Waals surface area contributed by atoms with Gasteiger partial charge in [0, 0.05) is 0 Å². The molecular weight excluding hydrogens is 169 g/mol. The first-order chi connectivity index (χ1) is 4.34. The van der Waals surface area contributed by atoms with E-state index >= 15 is 0 Å². The molecule has 10 heavy (non-hydrogen) atoms. The Kier molecular flexibility index (Phi) is 5.51. The number of likely N-dealkylation sites (tertiary alicyclic amines) is 1. The molecule has 1 aliphatic rings. The van der Waals surface area contributed by atoms with Crippen molar-refractivity contribution >= 4 is 24.0 Å². The van der Waals surface area contributed by atoms with Gasteiger partial charge in [-0.1, -0.05) is 6.92 Å². The fourth-order valence-corrected chi connectivity index (χ4v) is 1.70. The smallest absolute Gasteiger partial charge is 0.0850 e. The zero-order valence-corrected chi connectivity index (χ0v) is 7.92. The second-order valence-electron chi connectivity index (χ2n) is 2.56. The van der Waals surface area contributed by atoms with Gasteiger partial charge in [0.1, 0.15) is 0 Å². The largest absolute Gasteiger partial charge is 0.288 e. The summed E-state index contributed by atoms with van der Waals surface area (Å²) in [5, 5.41) is 0. The summed E-state index contributed by atoms with van der Waals surface area (Å²) in [4.78, 5) is 2.32. The number of rotatable bonds is 1. The van der Waals surface area contributed by atoms with Gasteiger partial charge in [-0.2, -0.15) is 0 Å². The average Bonchev–Trinajstić information content (AvgIpc) is 1.89. The van der Waals surface area contributed by atoms with Gasteiger partial charge in [0.05, 0.1) is 5.50 Å². The fraction of sp³-hybridized carbons (Fsp3) is 1.00. The summed E-state index contributed by atoms with van der Waals surface area (Å²) in [6, 6.07) is 0. The van der Waals surface area contributed by atoms with Crippen LogP contribution in [0, 0.1) is 0 Å². The topological polar surface area (TPSA) is 3.24 Å². The maximum atomic E-state index is 6.01. The lowest BCUT2D eigenvalue weighted by atomic mass is 10.1. The Bertz CT molecular complexity index is 87.7. The van der Waals surface area contributed by atoms with Crippen molar-refractivity contribution in [3.05, 3.63) is 0 Å². The third kappa shape index (κ3) is 2.65. The fourth-order valence-electron chi connectivity index (χ4n) is 1.31. The second-order valence-corrected chi connectivity index (χ2v) is 3.06. The molecule has 1 saturated heterocycles. The van der Waals surface area contributed by atoms with E-state index in [4.69, 9.17) is 11.6 Å². The Morgan fingerprint density at radius 3 is 2.60 bits per heavy atom. The maximum Gasteiger partial charge on any atom is 0.0850 e. The van der Waals surface area contributed by atoms with Crippen molar-refractivity contribution in [3.63, 3.8) is 0 Å². The van der Waals surface area contributed by atoms with Crippen LogP contribution >= 0.6 is 24.0 Å². The van der Waals surface area contributed by atoms with Gasteiger partial charge in [-0.05, 0) is 32.4 Å². The molecule has 0 aromatic rings. The molecule has 0 aromatic carbocycles. The molecule has 1 fully saturated rings. The third-order valence-electron chi connectivity index (χ3n) is 1.94. The Morgan fingerprint density at radius 1 is 1.50 bits per heavy atom. The predicted molar refractivity (Wildman–Crippen MR) is 48.0 cm³/mol. The molecule has 1 aliphatic heterocycles. The molecule has 0 aromatic heterocycles. The summed E-state index contributed by atoms with van der Waals surface area (Å²) < 4.78 is 0. The van der Waals surface area contributed by atoms with Gasteiger partial charge in [0.2, 0.25) is 0 Å². The summed E-state index contributed by atoms with van der Waals surface area (Å²) in [6.07, 6.45) is 3.82. The lowest BCUT2D eigenvalue weighted by Crippen LogP contribution is -2.35. The molecule has 0 saturated carbocycles. The van der Waals surface area contributed by atoms with E-state index in [1.54, 1.807) is 0 Å². The van der Waals surface area contributed by atoms with Crippen molar-refractivity contribution in [2.75, 3.05) is 13.1 Å². The lowest BCUT2D eigenvalue weighted by molar-refractivity contribution is 0.212. The quantitative estimate of drug-likeness (QED) is 0.447. The Labute approximate surface area is 74.1 Å². The Morgan fingerprint density at radius 2 is 2.20 bits per heavy atom. The molecule has 0 aliphatic carbocycles. The molecule has 1 nitrogen and oxygen atoms in total. The Hall–Kier alpha value is 0.540. The molecule has 1 unspecified atom stereocenters. The van der Waals surface area contributed by atoms with Crippen LogP contribution in [0.15, 0.2) is 0 Å². The zero-order valence-electron chi connectivity index (χ0n) is 6.35. The van der Waals surface area contributed by atoms with Crippen LogP contribution in [-0.4, -0.2) is 23.5 Å². The highest BCUT2D eigenvalue weighted by Crippen LogP contribution is 2.18. The monoisotopic (exact) mass is 183 g/mol. The van der Waals surface area contributed by atoms with Crippen LogP contribution in [-0.2, 0) is 0 Å². The molecule has 3 heteroatoms. The first-order valence-corrected chi connectivity index (χ1v) is 4.16. The maximum absolute atomic E-state index is 6.01. The van der Waals surface area contributed by atoms with Gasteiger partial charge in [-0.25, -0.2) is 0 Å². The van der Waals surface area contributed by atoms with E-state index < -0.39 is 0 Å². The molecule has 0 bridgehead atoms. The van der Waals surface area contributed by atoms with Crippen molar-refractivity contribution in [3.8, 4) is 0 Å². The number of piperidine rings is 1. The van der Waals surface area contributed by atoms with Crippen molar-refractivity contribution in [2.45, 2.75) is 31.7 Å². The second kappa shape index (κ2) is 5.22. The molecule has 1 rings (SSSR count). The van der Waals surface area contributed by atoms with Crippen LogP contribution < -0.4 is 0 Å². The lowest BCUT2D eigenvalue weighted by Gasteiger charge is -2.30. The number of halogens is 2. The van der Waals surface area contributed by atoms with Gasteiger partial charge in [0.25, 0.3) is 0 Å². The summed E-state index contributed by atoms with van der Waals surface area (Å²) in [7, 11) is 0. The molecule has 0 N–H and O–H groups in total. The SMILES string of the molecule is CCN1CCCCC1Cl.Cl. The third-order valence-corrected chi connectivity index (χ3v) is 2.43. The van der Waals surface area contributed by atoms with Crippen LogP contribution in [0.2, 0.25) is 0 Å². The van der Waals surface area contributed by atoms with Gasteiger partial charge in [0.15, 0.2) is 0 Å². The van der Waals surface area contributed by atoms with Gasteiger partial charge >= 0.3 is 0 Å². The first-order valence-electron chi connectivity index (χ1n) is 3.72. The van der Waals surface area contributed by atoms with Gasteiger partial charge in [-0.15, -0.1) is 24.0 Å². The van der Waals surface area contributed by atoms with Gasteiger partial charge in [-0.3, -0.25) is 4.90 Å². The van der Waals surface area contributed by atoms with Crippen LogP contribution in [0.25, 0.3) is 0 Å². The van der Waals surface area contributed by atoms with Crippen molar-refractivity contribution in [1.29, 1.82) is 0 Å². The summed E-state index contributed by atoms with van der Waals surface area (Å²) in [6.45, 7) is 4.47. The minimum Gasteiger partial charge on any atom is -0.288 e. The summed E-state index contributed by atoms with van der Waals surface area (Å²) in [5.74, 6) is 0. The van der Waals surface area contributed by atoms with E-state index in [9.17, 15) is 0 Å². The summed E-state index contributed by atoms with van der Waals surface area (Å²) >= 11 is 6.01. The van der Waals surface area contributed by atoms with Crippen LogP contribution in [0.3, 0.4) is 0 Å². The normalized spacial score (nSPS) is 27.6. The zero-order chi connectivity index (χ0) is 6.69. The van der Waals surface area contributed by atoms with Crippen LogP contribution in [0.4, 0.5) is 0 Å². The minimum atomic E-state index is 0. The molecule has 1 atom stereocenters. The minimum absolute atomic E-state index is 0. The van der Waals surface area contributed by atoms with E-state index in [0.29, 0.717) is 5.50 Å². The Balaban J connectivity index is 0.000000810. The number of alkyl halides is 1. The highest BCUT2D eigenvalue weighted by molar-refractivity contribution is 6.20. The molecule has 0 radical (unpaired) electrons. The van der Waals surface area contributed by atoms with Crippen molar-refractivity contribution in [1.82, 2.24) is 4.90 Å². The van der Waals surface area contributed by atoms with Gasteiger partial charge < -0.3 is 0 Å². The molecule has 1 heterocycles. The molecular formula is C7H15Cl2N. The highest BCUT2D eigenvalue weighted by Gasteiger charge is 2.17. The number of hydrogen-bond donors (Lipinski definition) is 0. The van der Waals surface area contributed by atoms with Crippen molar-refractivity contribution < 1.29 is 0 Å². The molecule has 0 amide bonds. The summed E-state index contributed by atoms with van der Waals surface area (Å²) in [5.41, 5.74) is 0.323. The standard InChI is InChI=1S/C7H14ClN.ClH/c1-2-9-6-4-3-5-7(9)8;/h7H,2-6H2,1H3;1H. The van der Waals surface area contributed by atoms with Crippen LogP contribution in [0.1, 0.15) is 26.2 Å².